The Morgan fingerprint density at radius 2 is 2.31 bits per heavy atom. The monoisotopic (exact) mass is 316 g/mol. The third kappa shape index (κ3) is 2.56. The molecule has 0 amide bonds. The lowest BCUT2D eigenvalue weighted by Gasteiger charge is -2.08. The standard InChI is InChI=1S/C11H10BrClN2S/c1-7-10(16-6-15-7)5-14-9-4-2-3-8(13)11(9)12/h2-4,6,14H,5H2,1H3. The first kappa shape index (κ1) is 11.9. The number of nitrogens with one attached hydrogen (secondary N) is 1. The van der Waals surface area contributed by atoms with Crippen molar-refractivity contribution >= 4 is 44.6 Å². The molecule has 0 saturated heterocycles. The highest BCUT2D eigenvalue weighted by Gasteiger charge is 2.05. The van der Waals surface area contributed by atoms with Crippen molar-refractivity contribution < 1.29 is 0 Å². The zero-order chi connectivity index (χ0) is 11.5. The van der Waals surface area contributed by atoms with E-state index in [-0.39, 0.29) is 0 Å². The van der Waals surface area contributed by atoms with E-state index < -0.39 is 0 Å². The molecule has 1 heterocycles. The molecule has 0 aliphatic rings. The smallest absolute Gasteiger partial charge is 0.0798 e. The molecule has 84 valence electrons. The van der Waals surface area contributed by atoms with E-state index in [1.165, 1.54) is 4.88 Å². The van der Waals surface area contributed by atoms with Gasteiger partial charge < -0.3 is 5.32 Å². The molecule has 0 spiro atoms. The molecule has 1 aromatic carbocycles. The van der Waals surface area contributed by atoms with E-state index in [0.717, 1.165) is 22.4 Å². The normalized spacial score (nSPS) is 10.4. The highest BCUT2D eigenvalue weighted by atomic mass is 79.9. The fraction of sp³-hybridized carbons (Fsp3) is 0.182. The fourth-order valence-corrected chi connectivity index (χ4v) is 2.61. The second kappa shape index (κ2) is 5.17. The SMILES string of the molecule is Cc1ncsc1CNc1cccc(Cl)c1Br. The predicted octanol–water partition coefficient (Wildman–Crippen LogP) is 4.48. The van der Waals surface area contributed by atoms with Gasteiger partial charge in [-0.3, -0.25) is 0 Å². The summed E-state index contributed by atoms with van der Waals surface area (Å²) in [7, 11) is 0. The van der Waals surface area contributed by atoms with Gasteiger partial charge in [-0.2, -0.15) is 0 Å². The van der Waals surface area contributed by atoms with Gasteiger partial charge in [0.25, 0.3) is 0 Å². The fourth-order valence-electron chi connectivity index (χ4n) is 1.31. The summed E-state index contributed by atoms with van der Waals surface area (Å²) in [4.78, 5) is 5.45. The Balaban J connectivity index is 2.11. The summed E-state index contributed by atoms with van der Waals surface area (Å²) < 4.78 is 0.902. The maximum Gasteiger partial charge on any atom is 0.0798 e. The van der Waals surface area contributed by atoms with Gasteiger partial charge in [-0.25, -0.2) is 4.98 Å². The summed E-state index contributed by atoms with van der Waals surface area (Å²) >= 11 is 11.1. The number of nitrogens with zero attached hydrogens (tertiary/aromatic N) is 1. The van der Waals surface area contributed by atoms with Crippen LogP contribution in [0.25, 0.3) is 0 Å². The Morgan fingerprint density at radius 3 is 3.00 bits per heavy atom. The molecule has 0 bridgehead atoms. The van der Waals surface area contributed by atoms with Crippen LogP contribution in [0.4, 0.5) is 5.69 Å². The van der Waals surface area contributed by atoms with Crippen molar-refractivity contribution in [2.75, 3.05) is 5.32 Å². The summed E-state index contributed by atoms with van der Waals surface area (Å²) in [6, 6.07) is 5.77. The highest BCUT2D eigenvalue weighted by molar-refractivity contribution is 9.10. The maximum atomic E-state index is 6.01. The summed E-state index contributed by atoms with van der Waals surface area (Å²) in [5.74, 6) is 0. The van der Waals surface area contributed by atoms with E-state index in [4.69, 9.17) is 11.6 Å². The molecule has 1 aromatic heterocycles. The molecule has 2 nitrogen and oxygen atoms in total. The second-order valence-electron chi connectivity index (χ2n) is 3.32. The van der Waals surface area contributed by atoms with Gasteiger partial charge in [-0.05, 0) is 35.0 Å². The van der Waals surface area contributed by atoms with Gasteiger partial charge in [0.05, 0.1) is 32.9 Å². The Bertz CT molecular complexity index is 498. The van der Waals surface area contributed by atoms with E-state index in [1.807, 2.05) is 30.6 Å². The summed E-state index contributed by atoms with van der Waals surface area (Å²) in [5.41, 5.74) is 3.94. The predicted molar refractivity (Wildman–Crippen MR) is 73.3 cm³/mol. The summed E-state index contributed by atoms with van der Waals surface area (Å²) in [6.45, 7) is 2.79. The first-order valence-electron chi connectivity index (χ1n) is 4.75. The van der Waals surface area contributed by atoms with Crippen LogP contribution in [0.1, 0.15) is 10.6 Å². The van der Waals surface area contributed by atoms with Crippen molar-refractivity contribution in [3.8, 4) is 0 Å². The lowest BCUT2D eigenvalue weighted by molar-refractivity contribution is 1.12. The van der Waals surface area contributed by atoms with E-state index in [9.17, 15) is 0 Å². The molecular formula is C11H10BrClN2S. The van der Waals surface area contributed by atoms with E-state index in [2.05, 4.69) is 26.2 Å². The number of hydrogen-bond donors (Lipinski definition) is 1. The van der Waals surface area contributed by atoms with Gasteiger partial charge in [0.1, 0.15) is 0 Å². The van der Waals surface area contributed by atoms with Crippen LogP contribution in [0, 0.1) is 6.92 Å². The Hall–Kier alpha value is -0.580. The molecule has 2 rings (SSSR count). The molecule has 0 fully saturated rings. The number of anilines is 1. The van der Waals surface area contributed by atoms with Crippen molar-refractivity contribution in [3.63, 3.8) is 0 Å². The third-order valence-corrected chi connectivity index (χ3v) is 4.57. The van der Waals surface area contributed by atoms with Crippen LogP contribution in [0.15, 0.2) is 28.2 Å². The molecule has 1 N–H and O–H groups in total. The molecule has 16 heavy (non-hydrogen) atoms. The molecule has 0 aliphatic heterocycles. The van der Waals surface area contributed by atoms with E-state index in [1.54, 1.807) is 11.3 Å². The number of aromatic nitrogens is 1. The van der Waals surface area contributed by atoms with Crippen molar-refractivity contribution in [2.24, 2.45) is 0 Å². The topological polar surface area (TPSA) is 24.9 Å². The minimum atomic E-state index is 0.714. The maximum absolute atomic E-state index is 6.01. The van der Waals surface area contributed by atoms with Gasteiger partial charge in [-0.1, -0.05) is 17.7 Å². The summed E-state index contributed by atoms with van der Waals surface area (Å²) in [5, 5.41) is 4.05. The largest absolute Gasteiger partial charge is 0.379 e. The van der Waals surface area contributed by atoms with Crippen molar-refractivity contribution in [1.82, 2.24) is 4.98 Å². The van der Waals surface area contributed by atoms with Gasteiger partial charge >= 0.3 is 0 Å². The number of rotatable bonds is 3. The number of halogens is 2. The molecule has 0 saturated carbocycles. The third-order valence-electron chi connectivity index (χ3n) is 2.24. The van der Waals surface area contributed by atoms with Crippen LogP contribution in [0.2, 0.25) is 5.02 Å². The average molecular weight is 318 g/mol. The molecular weight excluding hydrogens is 308 g/mol. The quantitative estimate of drug-likeness (QED) is 0.903. The summed E-state index contributed by atoms with van der Waals surface area (Å²) in [6.07, 6.45) is 0. The molecule has 2 aromatic rings. The molecule has 0 unspecified atom stereocenters. The zero-order valence-electron chi connectivity index (χ0n) is 8.63. The van der Waals surface area contributed by atoms with Crippen LogP contribution in [-0.4, -0.2) is 4.98 Å². The van der Waals surface area contributed by atoms with Crippen molar-refractivity contribution in [1.29, 1.82) is 0 Å². The number of benzene rings is 1. The Morgan fingerprint density at radius 1 is 1.50 bits per heavy atom. The van der Waals surface area contributed by atoms with Gasteiger partial charge in [-0.15, -0.1) is 11.3 Å². The molecule has 0 aliphatic carbocycles. The molecule has 5 heteroatoms. The highest BCUT2D eigenvalue weighted by Crippen LogP contribution is 2.30. The van der Waals surface area contributed by atoms with Crippen molar-refractivity contribution in [3.05, 3.63) is 43.8 Å². The van der Waals surface area contributed by atoms with Gasteiger partial charge in [0.15, 0.2) is 0 Å². The lowest BCUT2D eigenvalue weighted by Crippen LogP contribution is -1.99. The van der Waals surface area contributed by atoms with Crippen molar-refractivity contribution in [2.45, 2.75) is 13.5 Å². The first-order chi connectivity index (χ1) is 7.68. The van der Waals surface area contributed by atoms with Crippen LogP contribution >= 0.6 is 38.9 Å². The Labute approximate surface area is 112 Å². The number of aryl methyl sites for hydroxylation is 1. The Kier molecular flexibility index (Phi) is 3.84. The van der Waals surface area contributed by atoms with Crippen LogP contribution in [0.3, 0.4) is 0 Å². The first-order valence-corrected chi connectivity index (χ1v) is 6.80. The lowest BCUT2D eigenvalue weighted by atomic mass is 10.3. The van der Waals surface area contributed by atoms with Crippen LogP contribution < -0.4 is 5.32 Å². The molecule has 0 atom stereocenters. The van der Waals surface area contributed by atoms with Crippen LogP contribution in [-0.2, 0) is 6.54 Å². The minimum Gasteiger partial charge on any atom is -0.379 e. The minimum absolute atomic E-state index is 0.714. The molecule has 0 radical (unpaired) electrons. The average Bonchev–Trinajstić information content (AvgIpc) is 2.67. The van der Waals surface area contributed by atoms with E-state index in [0.29, 0.717) is 5.02 Å². The number of hydrogen-bond acceptors (Lipinski definition) is 3. The van der Waals surface area contributed by atoms with Gasteiger partial charge in [0.2, 0.25) is 0 Å². The zero-order valence-corrected chi connectivity index (χ0v) is 11.8. The number of thiazole rings is 1. The van der Waals surface area contributed by atoms with E-state index >= 15 is 0 Å². The van der Waals surface area contributed by atoms with Gasteiger partial charge in [0, 0.05) is 4.88 Å². The second-order valence-corrected chi connectivity index (χ2v) is 5.46. The van der Waals surface area contributed by atoms with Crippen LogP contribution in [0.5, 0.6) is 0 Å².